The first-order valence-corrected chi connectivity index (χ1v) is 7.66. The third kappa shape index (κ3) is 5.04. The van der Waals surface area contributed by atoms with Crippen molar-refractivity contribution in [3.05, 3.63) is 71.0 Å². The van der Waals surface area contributed by atoms with Crippen LogP contribution in [0.1, 0.15) is 35.6 Å². The van der Waals surface area contributed by atoms with Crippen molar-refractivity contribution in [3.8, 4) is 0 Å². The predicted octanol–water partition coefficient (Wildman–Crippen LogP) is 4.45. The summed E-state index contributed by atoms with van der Waals surface area (Å²) in [5, 5.41) is 12.2. The number of aliphatic hydroxyl groups excluding tert-OH is 1. The van der Waals surface area contributed by atoms with Crippen molar-refractivity contribution in [3.63, 3.8) is 0 Å². The van der Waals surface area contributed by atoms with Crippen molar-refractivity contribution in [2.24, 2.45) is 0 Å². The molecule has 2 nitrogen and oxygen atoms in total. The molecule has 130 valence electrons. The van der Waals surface area contributed by atoms with Gasteiger partial charge in [0.2, 0.25) is 0 Å². The number of alkyl halides is 3. The summed E-state index contributed by atoms with van der Waals surface area (Å²) in [5.74, 6) is -1.27. The third-order valence-electron chi connectivity index (χ3n) is 3.74. The Labute approximate surface area is 138 Å². The second-order valence-electron chi connectivity index (χ2n) is 5.52. The lowest BCUT2D eigenvalue weighted by atomic mass is 10.0. The molecule has 2 aromatic carbocycles. The fourth-order valence-electron chi connectivity index (χ4n) is 2.51. The molecule has 1 unspecified atom stereocenters. The van der Waals surface area contributed by atoms with Gasteiger partial charge in [-0.05, 0) is 36.1 Å². The molecule has 0 aliphatic heterocycles. The van der Waals surface area contributed by atoms with E-state index in [4.69, 9.17) is 5.11 Å². The lowest BCUT2D eigenvalue weighted by molar-refractivity contribution is -0.140. The van der Waals surface area contributed by atoms with Crippen LogP contribution in [0, 0.1) is 5.82 Å². The summed E-state index contributed by atoms with van der Waals surface area (Å²) in [7, 11) is 0. The first-order valence-electron chi connectivity index (χ1n) is 7.66. The minimum Gasteiger partial charge on any atom is -0.396 e. The van der Waals surface area contributed by atoms with Gasteiger partial charge >= 0.3 is 6.18 Å². The van der Waals surface area contributed by atoms with E-state index in [9.17, 15) is 17.6 Å². The van der Waals surface area contributed by atoms with Crippen LogP contribution in [0.15, 0.2) is 48.5 Å². The number of hydrogen-bond donors (Lipinski definition) is 2. The monoisotopic (exact) mass is 341 g/mol. The molecule has 0 aliphatic carbocycles. The van der Waals surface area contributed by atoms with Crippen LogP contribution >= 0.6 is 0 Å². The molecule has 0 spiro atoms. The van der Waals surface area contributed by atoms with Gasteiger partial charge in [0.1, 0.15) is 5.82 Å². The van der Waals surface area contributed by atoms with Crippen molar-refractivity contribution in [2.45, 2.75) is 31.6 Å². The Bertz CT molecular complexity index is 643. The van der Waals surface area contributed by atoms with Gasteiger partial charge in [0, 0.05) is 19.2 Å². The molecule has 6 heteroatoms. The maximum absolute atomic E-state index is 13.3. The maximum atomic E-state index is 13.3. The third-order valence-corrected chi connectivity index (χ3v) is 3.74. The van der Waals surface area contributed by atoms with Gasteiger partial charge in [-0.1, -0.05) is 36.4 Å². The Morgan fingerprint density at radius 2 is 1.75 bits per heavy atom. The first kappa shape index (κ1) is 18.4. The van der Waals surface area contributed by atoms with Gasteiger partial charge in [-0.15, -0.1) is 0 Å². The Morgan fingerprint density at radius 1 is 1.04 bits per heavy atom. The van der Waals surface area contributed by atoms with E-state index in [0.29, 0.717) is 18.4 Å². The summed E-state index contributed by atoms with van der Waals surface area (Å²) in [6.07, 6.45) is -3.49. The van der Waals surface area contributed by atoms with Crippen LogP contribution < -0.4 is 5.32 Å². The van der Waals surface area contributed by atoms with E-state index in [0.717, 1.165) is 17.7 Å². The van der Waals surface area contributed by atoms with Crippen LogP contribution in [0.25, 0.3) is 0 Å². The van der Waals surface area contributed by atoms with Crippen molar-refractivity contribution in [2.75, 3.05) is 6.61 Å². The molecule has 0 saturated heterocycles. The summed E-state index contributed by atoms with van der Waals surface area (Å²) < 4.78 is 51.6. The molecule has 2 N–H and O–H groups in total. The lowest BCUT2D eigenvalue weighted by Gasteiger charge is -2.19. The number of aliphatic hydroxyl groups is 1. The normalized spacial score (nSPS) is 13.0. The number of rotatable bonds is 7. The average Bonchev–Trinajstić information content (AvgIpc) is 2.56. The van der Waals surface area contributed by atoms with E-state index in [1.165, 1.54) is 6.07 Å². The maximum Gasteiger partial charge on any atom is 0.419 e. The van der Waals surface area contributed by atoms with E-state index < -0.39 is 17.6 Å². The minimum absolute atomic E-state index is 0.0415. The summed E-state index contributed by atoms with van der Waals surface area (Å²) in [6, 6.07) is 12.4. The van der Waals surface area contributed by atoms with Gasteiger partial charge in [-0.3, -0.25) is 0 Å². The number of hydrogen-bond acceptors (Lipinski definition) is 2. The van der Waals surface area contributed by atoms with Gasteiger partial charge in [0.05, 0.1) is 5.56 Å². The highest BCUT2D eigenvalue weighted by Gasteiger charge is 2.34. The molecule has 0 amide bonds. The molecule has 0 heterocycles. The quantitative estimate of drug-likeness (QED) is 0.730. The SMILES string of the molecule is OCCCC(NCc1ccc(F)c(C(F)(F)F)c1)c1ccccc1. The van der Waals surface area contributed by atoms with Crippen molar-refractivity contribution in [1.82, 2.24) is 5.32 Å². The van der Waals surface area contributed by atoms with Crippen LogP contribution in [0.2, 0.25) is 0 Å². The molecule has 24 heavy (non-hydrogen) atoms. The summed E-state index contributed by atoms with van der Waals surface area (Å²) in [5.41, 5.74) is 0.0891. The fraction of sp³-hybridized carbons (Fsp3) is 0.333. The summed E-state index contributed by atoms with van der Waals surface area (Å²) >= 11 is 0. The Kier molecular flexibility index (Phi) is 6.34. The van der Waals surface area contributed by atoms with Gasteiger partial charge < -0.3 is 10.4 Å². The van der Waals surface area contributed by atoms with Crippen molar-refractivity contribution >= 4 is 0 Å². The molecule has 2 aromatic rings. The van der Waals surface area contributed by atoms with Gasteiger partial charge in [0.15, 0.2) is 0 Å². The molecule has 0 fully saturated rings. The van der Waals surface area contributed by atoms with Gasteiger partial charge in [-0.25, -0.2) is 4.39 Å². The van der Waals surface area contributed by atoms with Crippen LogP contribution in [-0.2, 0) is 12.7 Å². The van der Waals surface area contributed by atoms with E-state index in [1.54, 1.807) is 0 Å². The minimum atomic E-state index is -4.71. The zero-order valence-electron chi connectivity index (χ0n) is 13.0. The Morgan fingerprint density at radius 3 is 2.38 bits per heavy atom. The highest BCUT2D eigenvalue weighted by atomic mass is 19.4. The molecular formula is C18H19F4NO. The highest BCUT2D eigenvalue weighted by molar-refractivity contribution is 5.27. The van der Waals surface area contributed by atoms with Crippen LogP contribution in [0.5, 0.6) is 0 Å². The van der Waals surface area contributed by atoms with E-state index in [1.807, 2.05) is 30.3 Å². The Balaban J connectivity index is 2.12. The number of halogens is 4. The second kappa shape index (κ2) is 8.26. The second-order valence-corrected chi connectivity index (χ2v) is 5.52. The predicted molar refractivity (Wildman–Crippen MR) is 83.7 cm³/mol. The van der Waals surface area contributed by atoms with Gasteiger partial charge in [0.25, 0.3) is 0 Å². The largest absolute Gasteiger partial charge is 0.419 e. The molecule has 0 aliphatic rings. The molecule has 1 atom stereocenters. The van der Waals surface area contributed by atoms with Crippen molar-refractivity contribution in [1.29, 1.82) is 0 Å². The van der Waals surface area contributed by atoms with Crippen LogP contribution in [-0.4, -0.2) is 11.7 Å². The van der Waals surface area contributed by atoms with Crippen LogP contribution in [0.4, 0.5) is 17.6 Å². The molecule has 2 rings (SSSR count). The molecule has 0 saturated carbocycles. The summed E-state index contributed by atoms with van der Waals surface area (Å²) in [6.45, 7) is 0.216. The first-order chi connectivity index (χ1) is 11.4. The number of nitrogens with one attached hydrogen (secondary N) is 1. The van der Waals surface area contributed by atoms with E-state index >= 15 is 0 Å². The lowest BCUT2D eigenvalue weighted by Crippen LogP contribution is -2.21. The highest BCUT2D eigenvalue weighted by Crippen LogP contribution is 2.32. The van der Waals surface area contributed by atoms with Crippen LogP contribution in [0.3, 0.4) is 0 Å². The smallest absolute Gasteiger partial charge is 0.396 e. The van der Waals surface area contributed by atoms with Crippen molar-refractivity contribution < 1.29 is 22.7 Å². The average molecular weight is 341 g/mol. The van der Waals surface area contributed by atoms with Gasteiger partial charge in [-0.2, -0.15) is 13.2 Å². The van der Waals surface area contributed by atoms with E-state index in [2.05, 4.69) is 5.32 Å². The Hall–Kier alpha value is -1.92. The number of benzene rings is 2. The molecule has 0 bridgehead atoms. The molecular weight excluding hydrogens is 322 g/mol. The fourth-order valence-corrected chi connectivity index (χ4v) is 2.51. The zero-order chi connectivity index (χ0) is 17.6. The topological polar surface area (TPSA) is 32.3 Å². The molecule has 0 aromatic heterocycles. The molecule has 0 radical (unpaired) electrons. The zero-order valence-corrected chi connectivity index (χ0v) is 13.0. The summed E-state index contributed by atoms with van der Waals surface area (Å²) in [4.78, 5) is 0. The van der Waals surface area contributed by atoms with E-state index in [-0.39, 0.29) is 19.2 Å². The standard InChI is InChI=1S/C18H19F4NO/c19-16-9-8-13(11-15(16)18(20,21)22)12-23-17(7-4-10-24)14-5-2-1-3-6-14/h1-3,5-6,8-9,11,17,23-24H,4,7,10,12H2.